The molecule has 1 aliphatic rings. The Morgan fingerprint density at radius 1 is 1.38 bits per heavy atom. The maximum atomic E-state index is 12.2. The molecule has 6 heteroatoms. The Morgan fingerprint density at radius 2 is 2.10 bits per heavy atom. The standard InChI is InChI=1S/C15H22N2O3.ClH/c1-10(16)15(18)17-8-4-5-13(17)12-7-6-11(19-2)9-14(12)20-3;/h6-7,9-10,13H,4-5,8,16H2,1-3H3;1H/t10-,13?;/m1./s1. The second-order valence-corrected chi connectivity index (χ2v) is 5.09. The number of nitrogens with zero attached hydrogens (tertiary/aromatic N) is 1. The maximum Gasteiger partial charge on any atom is 0.239 e. The smallest absolute Gasteiger partial charge is 0.239 e. The molecule has 118 valence electrons. The number of halogens is 1. The minimum absolute atomic E-state index is 0. The fourth-order valence-corrected chi connectivity index (χ4v) is 2.71. The molecule has 0 saturated carbocycles. The minimum Gasteiger partial charge on any atom is -0.497 e. The third kappa shape index (κ3) is 3.60. The fraction of sp³-hybridized carbons (Fsp3) is 0.533. The number of methoxy groups -OCH3 is 2. The van der Waals surface area contributed by atoms with E-state index in [4.69, 9.17) is 15.2 Å². The van der Waals surface area contributed by atoms with Crippen LogP contribution in [0, 0.1) is 0 Å². The number of benzene rings is 1. The van der Waals surface area contributed by atoms with Crippen molar-refractivity contribution in [2.75, 3.05) is 20.8 Å². The van der Waals surface area contributed by atoms with Gasteiger partial charge in [-0.2, -0.15) is 0 Å². The molecule has 2 atom stereocenters. The molecular weight excluding hydrogens is 292 g/mol. The van der Waals surface area contributed by atoms with Crippen molar-refractivity contribution in [2.24, 2.45) is 5.73 Å². The Kier molecular flexibility index (Phi) is 6.30. The Bertz CT molecular complexity index is 494. The predicted octanol–water partition coefficient (Wildman–Crippen LogP) is 2.14. The van der Waals surface area contributed by atoms with Crippen molar-refractivity contribution in [3.63, 3.8) is 0 Å². The van der Waals surface area contributed by atoms with Crippen LogP contribution in [0.15, 0.2) is 18.2 Å². The Hall–Kier alpha value is -1.46. The van der Waals surface area contributed by atoms with Crippen molar-refractivity contribution in [2.45, 2.75) is 31.8 Å². The first-order valence-electron chi connectivity index (χ1n) is 6.86. The lowest BCUT2D eigenvalue weighted by Gasteiger charge is -2.27. The largest absolute Gasteiger partial charge is 0.497 e. The number of carbonyl (C=O) groups is 1. The van der Waals surface area contributed by atoms with Gasteiger partial charge in [0.1, 0.15) is 11.5 Å². The van der Waals surface area contributed by atoms with Crippen LogP contribution in [0.4, 0.5) is 0 Å². The van der Waals surface area contributed by atoms with E-state index in [0.717, 1.165) is 36.4 Å². The molecule has 1 fully saturated rings. The highest BCUT2D eigenvalue weighted by Gasteiger charge is 2.33. The predicted molar refractivity (Wildman–Crippen MR) is 84.1 cm³/mol. The Labute approximate surface area is 131 Å². The van der Waals surface area contributed by atoms with Crippen LogP contribution in [0.5, 0.6) is 11.5 Å². The number of ether oxygens (including phenoxy) is 2. The summed E-state index contributed by atoms with van der Waals surface area (Å²) in [6.07, 6.45) is 1.92. The lowest BCUT2D eigenvalue weighted by molar-refractivity contribution is -0.133. The summed E-state index contributed by atoms with van der Waals surface area (Å²) in [5.41, 5.74) is 6.74. The van der Waals surface area contributed by atoms with Crippen molar-refractivity contribution in [1.82, 2.24) is 4.90 Å². The second-order valence-electron chi connectivity index (χ2n) is 5.09. The van der Waals surface area contributed by atoms with Gasteiger partial charge in [0.2, 0.25) is 5.91 Å². The lowest BCUT2D eigenvalue weighted by Crippen LogP contribution is -2.41. The van der Waals surface area contributed by atoms with E-state index in [2.05, 4.69) is 0 Å². The van der Waals surface area contributed by atoms with Crippen molar-refractivity contribution in [3.8, 4) is 11.5 Å². The van der Waals surface area contributed by atoms with E-state index in [1.807, 2.05) is 23.1 Å². The molecule has 1 unspecified atom stereocenters. The van der Waals surface area contributed by atoms with Crippen LogP contribution in [0.3, 0.4) is 0 Å². The van der Waals surface area contributed by atoms with Crippen LogP contribution in [0.2, 0.25) is 0 Å². The number of rotatable bonds is 4. The van der Waals surface area contributed by atoms with Crippen molar-refractivity contribution in [1.29, 1.82) is 0 Å². The lowest BCUT2D eigenvalue weighted by atomic mass is 10.0. The van der Waals surface area contributed by atoms with Crippen LogP contribution in [-0.2, 0) is 4.79 Å². The SMILES string of the molecule is COc1ccc(C2CCCN2C(=O)[C@@H](C)N)c(OC)c1.Cl. The molecule has 1 aromatic rings. The quantitative estimate of drug-likeness (QED) is 0.924. The van der Waals surface area contributed by atoms with Crippen molar-refractivity contribution >= 4 is 18.3 Å². The van der Waals surface area contributed by atoms with E-state index in [-0.39, 0.29) is 24.4 Å². The average molecular weight is 315 g/mol. The van der Waals surface area contributed by atoms with Gasteiger partial charge in [0.15, 0.2) is 0 Å². The zero-order valence-electron chi connectivity index (χ0n) is 12.7. The summed E-state index contributed by atoms with van der Waals surface area (Å²) >= 11 is 0. The first-order chi connectivity index (χ1) is 9.58. The van der Waals surface area contributed by atoms with Gasteiger partial charge in [-0.05, 0) is 31.9 Å². The highest BCUT2D eigenvalue weighted by atomic mass is 35.5. The zero-order valence-corrected chi connectivity index (χ0v) is 13.5. The number of hydrogen-bond donors (Lipinski definition) is 1. The zero-order chi connectivity index (χ0) is 14.7. The van der Waals surface area contributed by atoms with Gasteiger partial charge in [0.05, 0.1) is 26.3 Å². The van der Waals surface area contributed by atoms with Crippen LogP contribution in [-0.4, -0.2) is 37.6 Å². The topological polar surface area (TPSA) is 64.8 Å². The summed E-state index contributed by atoms with van der Waals surface area (Å²) < 4.78 is 10.6. The molecule has 0 aliphatic carbocycles. The molecule has 1 saturated heterocycles. The molecule has 0 radical (unpaired) electrons. The van der Waals surface area contributed by atoms with E-state index in [1.54, 1.807) is 21.1 Å². The fourth-order valence-electron chi connectivity index (χ4n) is 2.71. The molecular formula is C15H23ClN2O3. The van der Waals surface area contributed by atoms with Gasteiger partial charge in [-0.15, -0.1) is 12.4 Å². The summed E-state index contributed by atoms with van der Waals surface area (Å²) in [4.78, 5) is 14.0. The van der Waals surface area contributed by atoms with E-state index >= 15 is 0 Å². The van der Waals surface area contributed by atoms with E-state index < -0.39 is 6.04 Å². The molecule has 0 aromatic heterocycles. The van der Waals surface area contributed by atoms with Gasteiger partial charge in [-0.25, -0.2) is 0 Å². The monoisotopic (exact) mass is 314 g/mol. The maximum absolute atomic E-state index is 12.2. The summed E-state index contributed by atoms with van der Waals surface area (Å²) in [6.45, 7) is 2.48. The number of amides is 1. The van der Waals surface area contributed by atoms with E-state index in [0.29, 0.717) is 0 Å². The van der Waals surface area contributed by atoms with Gasteiger partial charge < -0.3 is 20.1 Å². The van der Waals surface area contributed by atoms with Gasteiger partial charge >= 0.3 is 0 Å². The molecule has 2 rings (SSSR count). The molecule has 1 amide bonds. The Balaban J connectivity index is 0.00000220. The highest BCUT2D eigenvalue weighted by Crippen LogP contribution is 2.38. The number of likely N-dealkylation sites (tertiary alicyclic amines) is 1. The van der Waals surface area contributed by atoms with Gasteiger partial charge in [-0.1, -0.05) is 0 Å². The minimum atomic E-state index is -0.472. The summed E-state index contributed by atoms with van der Waals surface area (Å²) in [6, 6.07) is 5.27. The number of hydrogen-bond acceptors (Lipinski definition) is 4. The average Bonchev–Trinajstić information content (AvgIpc) is 2.94. The van der Waals surface area contributed by atoms with Gasteiger partial charge in [-0.3, -0.25) is 4.79 Å². The molecule has 1 aromatic carbocycles. The molecule has 0 spiro atoms. The van der Waals surface area contributed by atoms with E-state index in [9.17, 15) is 4.79 Å². The molecule has 0 bridgehead atoms. The summed E-state index contributed by atoms with van der Waals surface area (Å²) in [5.74, 6) is 1.48. The normalized spacial score (nSPS) is 18.9. The van der Waals surface area contributed by atoms with Crippen LogP contribution in [0.25, 0.3) is 0 Å². The molecule has 5 nitrogen and oxygen atoms in total. The molecule has 1 heterocycles. The third-order valence-electron chi connectivity index (χ3n) is 3.73. The molecule has 2 N–H and O–H groups in total. The number of nitrogens with two attached hydrogens (primary N) is 1. The van der Waals surface area contributed by atoms with Crippen molar-refractivity contribution < 1.29 is 14.3 Å². The summed E-state index contributed by atoms with van der Waals surface area (Å²) in [7, 11) is 3.25. The van der Waals surface area contributed by atoms with Crippen LogP contribution >= 0.6 is 12.4 Å². The van der Waals surface area contributed by atoms with Crippen molar-refractivity contribution in [3.05, 3.63) is 23.8 Å². The summed E-state index contributed by atoms with van der Waals surface area (Å²) in [5, 5.41) is 0. The van der Waals surface area contributed by atoms with Gasteiger partial charge in [0.25, 0.3) is 0 Å². The number of carbonyl (C=O) groups excluding carboxylic acids is 1. The third-order valence-corrected chi connectivity index (χ3v) is 3.73. The van der Waals surface area contributed by atoms with Crippen LogP contribution in [0.1, 0.15) is 31.4 Å². The van der Waals surface area contributed by atoms with Crippen LogP contribution < -0.4 is 15.2 Å². The first-order valence-corrected chi connectivity index (χ1v) is 6.86. The molecule has 1 aliphatic heterocycles. The highest BCUT2D eigenvalue weighted by molar-refractivity contribution is 5.85. The second kappa shape index (κ2) is 7.52. The molecule has 21 heavy (non-hydrogen) atoms. The van der Waals surface area contributed by atoms with E-state index in [1.165, 1.54) is 0 Å². The van der Waals surface area contributed by atoms with Gasteiger partial charge in [0, 0.05) is 18.2 Å². The Morgan fingerprint density at radius 3 is 2.67 bits per heavy atom. The first kappa shape index (κ1) is 17.6.